The highest BCUT2D eigenvalue weighted by molar-refractivity contribution is 9.11. The Morgan fingerprint density at radius 1 is 0.889 bits per heavy atom. The van der Waals surface area contributed by atoms with E-state index in [0.717, 1.165) is 20.6 Å². The predicted octanol–water partition coefficient (Wildman–Crippen LogP) is 5.97. The smallest absolute Gasteiger partial charge is 0.130 e. The number of hydrogen-bond donors (Lipinski definition) is 0. The van der Waals surface area contributed by atoms with E-state index < -0.39 is 11.6 Å². The first-order chi connectivity index (χ1) is 8.49. The van der Waals surface area contributed by atoms with E-state index in [1.165, 1.54) is 12.1 Å². The zero-order valence-corrected chi connectivity index (χ0v) is 13.7. The van der Waals surface area contributed by atoms with Gasteiger partial charge in [0.25, 0.3) is 0 Å². The van der Waals surface area contributed by atoms with Crippen molar-refractivity contribution in [2.24, 2.45) is 0 Å². The first-order valence-electron chi connectivity index (χ1n) is 5.03. The third-order valence-corrected chi connectivity index (χ3v) is 4.64. The van der Waals surface area contributed by atoms with Crippen LogP contribution in [0.2, 0.25) is 0 Å². The molecule has 1 unspecified atom stereocenters. The highest BCUT2D eigenvalue weighted by atomic mass is 79.9. The summed E-state index contributed by atoms with van der Waals surface area (Å²) in [6, 6.07) is 9.20. The Labute approximate surface area is 129 Å². The van der Waals surface area contributed by atoms with Crippen LogP contribution >= 0.6 is 47.8 Å². The Balaban J connectivity index is 2.44. The van der Waals surface area contributed by atoms with Gasteiger partial charge in [0.15, 0.2) is 0 Å². The summed E-state index contributed by atoms with van der Waals surface area (Å²) in [5, 5.41) is 0. The second-order valence-corrected chi connectivity index (χ2v) is 6.38. The molecule has 18 heavy (non-hydrogen) atoms. The van der Waals surface area contributed by atoms with Crippen LogP contribution in [-0.4, -0.2) is 0 Å². The standard InChI is InChI=1S/C13H7Br3F2/c14-7-1-3-9(11(15)5-7)13(16)10-4-2-8(17)6-12(10)18/h1-6,13H. The van der Waals surface area contributed by atoms with Gasteiger partial charge in [-0.1, -0.05) is 59.9 Å². The van der Waals surface area contributed by atoms with Crippen LogP contribution in [0.1, 0.15) is 16.0 Å². The molecule has 0 radical (unpaired) electrons. The largest absolute Gasteiger partial charge is 0.207 e. The van der Waals surface area contributed by atoms with Crippen LogP contribution in [0.3, 0.4) is 0 Å². The molecule has 0 saturated heterocycles. The normalized spacial score (nSPS) is 12.5. The molecule has 0 bridgehead atoms. The molecule has 0 aliphatic rings. The van der Waals surface area contributed by atoms with Crippen molar-refractivity contribution in [3.8, 4) is 0 Å². The molecule has 0 amide bonds. The molecule has 94 valence electrons. The van der Waals surface area contributed by atoms with Crippen LogP contribution in [-0.2, 0) is 0 Å². The molecule has 2 aromatic carbocycles. The maximum absolute atomic E-state index is 13.7. The SMILES string of the molecule is Fc1ccc(C(Br)c2ccc(Br)cc2Br)c(F)c1. The molecule has 1 atom stereocenters. The van der Waals surface area contributed by atoms with Gasteiger partial charge in [0.05, 0.1) is 4.83 Å². The topological polar surface area (TPSA) is 0 Å². The summed E-state index contributed by atoms with van der Waals surface area (Å²) in [6.45, 7) is 0. The summed E-state index contributed by atoms with van der Waals surface area (Å²) < 4.78 is 28.4. The molecule has 2 rings (SSSR count). The van der Waals surface area contributed by atoms with Crippen LogP contribution in [0.5, 0.6) is 0 Å². The van der Waals surface area contributed by atoms with E-state index in [9.17, 15) is 8.78 Å². The lowest BCUT2D eigenvalue weighted by atomic mass is 10.0. The van der Waals surface area contributed by atoms with E-state index in [1.807, 2.05) is 18.2 Å². The lowest BCUT2D eigenvalue weighted by Gasteiger charge is -2.14. The Kier molecular flexibility index (Phi) is 4.56. The van der Waals surface area contributed by atoms with Crippen LogP contribution in [0.25, 0.3) is 0 Å². The van der Waals surface area contributed by atoms with Gasteiger partial charge in [-0.15, -0.1) is 0 Å². The minimum atomic E-state index is -0.578. The maximum Gasteiger partial charge on any atom is 0.130 e. The van der Waals surface area contributed by atoms with E-state index >= 15 is 0 Å². The molecular weight excluding hydrogens is 434 g/mol. The first kappa shape index (κ1) is 14.2. The molecule has 0 N–H and O–H groups in total. The lowest BCUT2D eigenvalue weighted by Crippen LogP contribution is -1.98. The van der Waals surface area contributed by atoms with Crippen molar-refractivity contribution in [3.63, 3.8) is 0 Å². The highest BCUT2D eigenvalue weighted by Crippen LogP contribution is 2.37. The van der Waals surface area contributed by atoms with Gasteiger partial charge < -0.3 is 0 Å². The fourth-order valence-corrected chi connectivity index (χ4v) is 3.94. The number of rotatable bonds is 2. The van der Waals surface area contributed by atoms with Gasteiger partial charge in [0.1, 0.15) is 11.6 Å². The number of alkyl halides is 1. The first-order valence-corrected chi connectivity index (χ1v) is 7.53. The fourth-order valence-electron chi connectivity index (χ4n) is 1.58. The van der Waals surface area contributed by atoms with E-state index in [1.54, 1.807) is 0 Å². The zero-order chi connectivity index (χ0) is 13.3. The van der Waals surface area contributed by atoms with Crippen LogP contribution in [0.15, 0.2) is 45.3 Å². The third-order valence-electron chi connectivity index (χ3n) is 2.47. The fraction of sp³-hybridized carbons (Fsp3) is 0.0769. The summed E-state index contributed by atoms with van der Waals surface area (Å²) in [5.74, 6) is -1.14. The van der Waals surface area contributed by atoms with Gasteiger partial charge in [-0.2, -0.15) is 0 Å². The average Bonchev–Trinajstić information content (AvgIpc) is 2.28. The maximum atomic E-state index is 13.7. The molecule has 0 heterocycles. The Hall–Kier alpha value is -0.260. The summed E-state index contributed by atoms with van der Waals surface area (Å²) >= 11 is 10.2. The molecule has 2 aromatic rings. The molecule has 0 aromatic heterocycles. The second-order valence-electron chi connectivity index (χ2n) is 3.69. The molecule has 0 nitrogen and oxygen atoms in total. The monoisotopic (exact) mass is 438 g/mol. The van der Waals surface area contributed by atoms with Crippen molar-refractivity contribution in [3.05, 3.63) is 68.1 Å². The van der Waals surface area contributed by atoms with E-state index in [0.29, 0.717) is 5.56 Å². The molecule has 5 heteroatoms. The van der Waals surface area contributed by atoms with Crippen molar-refractivity contribution in [1.29, 1.82) is 0 Å². The zero-order valence-electron chi connectivity index (χ0n) is 8.93. The van der Waals surface area contributed by atoms with Crippen molar-refractivity contribution < 1.29 is 8.78 Å². The average molecular weight is 441 g/mol. The molecule has 0 aliphatic heterocycles. The molecule has 0 fully saturated rings. The van der Waals surface area contributed by atoms with Gasteiger partial charge in [-0.25, -0.2) is 8.78 Å². The minimum Gasteiger partial charge on any atom is -0.207 e. The van der Waals surface area contributed by atoms with E-state index in [-0.39, 0.29) is 4.83 Å². The second kappa shape index (κ2) is 5.80. The Morgan fingerprint density at radius 2 is 1.56 bits per heavy atom. The molecule has 0 aliphatic carbocycles. The van der Waals surface area contributed by atoms with Gasteiger partial charge in [0.2, 0.25) is 0 Å². The van der Waals surface area contributed by atoms with Gasteiger partial charge in [0, 0.05) is 20.6 Å². The van der Waals surface area contributed by atoms with Gasteiger partial charge >= 0.3 is 0 Å². The Bertz CT molecular complexity index is 533. The molecule has 0 saturated carbocycles. The van der Waals surface area contributed by atoms with Crippen molar-refractivity contribution in [2.45, 2.75) is 4.83 Å². The highest BCUT2D eigenvalue weighted by Gasteiger charge is 2.17. The van der Waals surface area contributed by atoms with Gasteiger partial charge in [-0.3, -0.25) is 0 Å². The third kappa shape index (κ3) is 3.00. The molecular formula is C13H7Br3F2. The van der Waals surface area contributed by atoms with Crippen molar-refractivity contribution >= 4 is 47.8 Å². The number of halogens is 5. The van der Waals surface area contributed by atoms with Gasteiger partial charge in [-0.05, 0) is 23.8 Å². The minimum absolute atomic E-state index is 0.333. The summed E-state index contributed by atoms with van der Waals surface area (Å²) in [5.41, 5.74) is 1.28. The summed E-state index contributed by atoms with van der Waals surface area (Å²) in [6.07, 6.45) is 0. The quantitative estimate of drug-likeness (QED) is 0.504. The number of hydrogen-bond acceptors (Lipinski definition) is 0. The predicted molar refractivity (Wildman–Crippen MR) is 79.0 cm³/mol. The molecule has 0 spiro atoms. The van der Waals surface area contributed by atoms with E-state index in [4.69, 9.17) is 0 Å². The van der Waals surface area contributed by atoms with E-state index in [2.05, 4.69) is 47.8 Å². The van der Waals surface area contributed by atoms with Crippen LogP contribution in [0.4, 0.5) is 8.78 Å². The van der Waals surface area contributed by atoms with Crippen molar-refractivity contribution in [2.75, 3.05) is 0 Å². The summed E-state index contributed by atoms with van der Waals surface area (Å²) in [4.78, 5) is -0.333. The Morgan fingerprint density at radius 3 is 2.17 bits per heavy atom. The van der Waals surface area contributed by atoms with Crippen molar-refractivity contribution in [1.82, 2.24) is 0 Å². The van der Waals surface area contributed by atoms with Crippen LogP contribution in [0, 0.1) is 11.6 Å². The van der Waals surface area contributed by atoms with Crippen LogP contribution < -0.4 is 0 Å². The lowest BCUT2D eigenvalue weighted by molar-refractivity contribution is 0.574. The summed E-state index contributed by atoms with van der Waals surface area (Å²) in [7, 11) is 0. The number of benzene rings is 2.